The molecule has 4 nitrogen and oxygen atoms in total. The molecule has 1 aromatic heterocycles. The lowest BCUT2D eigenvalue weighted by Gasteiger charge is -2.13. The van der Waals surface area contributed by atoms with Crippen LogP contribution in [0.25, 0.3) is 11.5 Å². The summed E-state index contributed by atoms with van der Waals surface area (Å²) in [5, 5.41) is 3.24. The summed E-state index contributed by atoms with van der Waals surface area (Å²) in [7, 11) is 0. The van der Waals surface area contributed by atoms with E-state index in [2.05, 4.69) is 10.3 Å². The number of carbonyl (C=O) groups excluding carboxylic acids is 1. The van der Waals surface area contributed by atoms with E-state index < -0.39 is 0 Å². The zero-order valence-electron chi connectivity index (χ0n) is 11.5. The SMILES string of the molecule is Cc1oc(-c2ccccc2)nc1CC1(NC[C]=O)CC1. The first kappa shape index (κ1) is 13.1. The molecule has 20 heavy (non-hydrogen) atoms. The molecule has 0 aliphatic heterocycles. The summed E-state index contributed by atoms with van der Waals surface area (Å²) in [6.45, 7) is 2.22. The highest BCUT2D eigenvalue weighted by molar-refractivity contribution is 5.54. The van der Waals surface area contributed by atoms with Gasteiger partial charge in [0.2, 0.25) is 12.2 Å². The Kier molecular flexibility index (Phi) is 3.40. The van der Waals surface area contributed by atoms with Crippen LogP contribution in [0, 0.1) is 6.92 Å². The summed E-state index contributed by atoms with van der Waals surface area (Å²) in [6.07, 6.45) is 4.83. The Morgan fingerprint density at radius 2 is 2.10 bits per heavy atom. The van der Waals surface area contributed by atoms with Crippen molar-refractivity contribution in [3.8, 4) is 11.5 Å². The quantitative estimate of drug-likeness (QED) is 0.875. The van der Waals surface area contributed by atoms with Crippen molar-refractivity contribution >= 4 is 6.29 Å². The fourth-order valence-electron chi connectivity index (χ4n) is 2.41. The monoisotopic (exact) mass is 269 g/mol. The molecule has 1 N–H and O–H groups in total. The molecular formula is C16H17N2O2. The summed E-state index contributed by atoms with van der Waals surface area (Å²) < 4.78 is 5.76. The Hall–Kier alpha value is -1.94. The van der Waals surface area contributed by atoms with Gasteiger partial charge in [-0.15, -0.1) is 0 Å². The minimum Gasteiger partial charge on any atom is -0.441 e. The number of nitrogens with one attached hydrogen (secondary N) is 1. The van der Waals surface area contributed by atoms with Crippen LogP contribution in [0.1, 0.15) is 24.3 Å². The highest BCUT2D eigenvalue weighted by Gasteiger charge is 2.43. The molecule has 2 aromatic rings. The molecule has 1 radical (unpaired) electrons. The molecule has 0 spiro atoms. The van der Waals surface area contributed by atoms with Gasteiger partial charge in [0.15, 0.2) is 0 Å². The molecule has 0 saturated heterocycles. The van der Waals surface area contributed by atoms with E-state index in [9.17, 15) is 4.79 Å². The first-order valence-corrected chi connectivity index (χ1v) is 6.84. The summed E-state index contributed by atoms with van der Waals surface area (Å²) in [5.74, 6) is 1.52. The second kappa shape index (κ2) is 5.21. The molecule has 1 heterocycles. The van der Waals surface area contributed by atoms with Crippen LogP contribution in [0.5, 0.6) is 0 Å². The number of nitrogens with zero attached hydrogens (tertiary/aromatic N) is 1. The number of hydrogen-bond acceptors (Lipinski definition) is 4. The number of aromatic nitrogens is 1. The Bertz CT molecular complexity index is 600. The number of benzene rings is 1. The maximum absolute atomic E-state index is 10.4. The summed E-state index contributed by atoms with van der Waals surface area (Å²) in [5.41, 5.74) is 1.98. The molecule has 1 aliphatic rings. The molecule has 0 unspecified atom stereocenters. The van der Waals surface area contributed by atoms with E-state index in [4.69, 9.17) is 4.42 Å². The normalized spacial score (nSPS) is 16.1. The van der Waals surface area contributed by atoms with E-state index in [-0.39, 0.29) is 12.1 Å². The van der Waals surface area contributed by atoms with Gasteiger partial charge in [0.25, 0.3) is 0 Å². The standard InChI is InChI=1S/C16H17N2O2/c1-12-14(11-16(7-8-16)17-9-10-19)18-15(20-12)13-5-3-2-4-6-13/h2-6,17H,7-9,11H2,1H3. The number of hydrogen-bond donors (Lipinski definition) is 1. The first-order chi connectivity index (χ1) is 9.72. The lowest BCUT2D eigenvalue weighted by molar-refractivity contribution is 0.494. The van der Waals surface area contributed by atoms with Crippen molar-refractivity contribution in [1.29, 1.82) is 0 Å². The third-order valence-corrected chi connectivity index (χ3v) is 3.81. The molecule has 1 aliphatic carbocycles. The second-order valence-corrected chi connectivity index (χ2v) is 5.34. The van der Waals surface area contributed by atoms with Crippen molar-refractivity contribution in [1.82, 2.24) is 10.3 Å². The number of rotatable bonds is 6. The Balaban J connectivity index is 1.78. The predicted molar refractivity (Wildman–Crippen MR) is 76.0 cm³/mol. The Morgan fingerprint density at radius 3 is 2.75 bits per heavy atom. The van der Waals surface area contributed by atoms with Gasteiger partial charge in [-0.1, -0.05) is 18.2 Å². The highest BCUT2D eigenvalue weighted by atomic mass is 16.4. The maximum Gasteiger partial charge on any atom is 0.226 e. The van der Waals surface area contributed by atoms with Gasteiger partial charge in [0.05, 0.1) is 12.2 Å². The Morgan fingerprint density at radius 1 is 1.35 bits per heavy atom. The maximum atomic E-state index is 10.4. The summed E-state index contributed by atoms with van der Waals surface area (Å²) in [4.78, 5) is 15.0. The van der Waals surface area contributed by atoms with Crippen LogP contribution in [0.3, 0.4) is 0 Å². The fourth-order valence-corrected chi connectivity index (χ4v) is 2.41. The average molecular weight is 269 g/mol. The van der Waals surface area contributed by atoms with Crippen molar-refractivity contribution in [3.63, 3.8) is 0 Å². The molecule has 1 fully saturated rings. The van der Waals surface area contributed by atoms with Crippen LogP contribution >= 0.6 is 0 Å². The van der Waals surface area contributed by atoms with Crippen molar-refractivity contribution in [2.45, 2.75) is 31.7 Å². The molecule has 4 heteroatoms. The van der Waals surface area contributed by atoms with Crippen molar-refractivity contribution in [2.75, 3.05) is 6.54 Å². The minimum atomic E-state index is 0.0208. The van der Waals surface area contributed by atoms with Gasteiger partial charge in [0, 0.05) is 17.5 Å². The van der Waals surface area contributed by atoms with E-state index in [0.29, 0.717) is 5.89 Å². The lowest BCUT2D eigenvalue weighted by atomic mass is 10.1. The summed E-state index contributed by atoms with van der Waals surface area (Å²) >= 11 is 0. The van der Waals surface area contributed by atoms with Crippen LogP contribution in [0.2, 0.25) is 0 Å². The van der Waals surface area contributed by atoms with Crippen LogP contribution in [-0.2, 0) is 11.2 Å². The summed E-state index contributed by atoms with van der Waals surface area (Å²) in [6, 6.07) is 9.89. The lowest BCUT2D eigenvalue weighted by Crippen LogP contribution is -2.35. The van der Waals surface area contributed by atoms with Gasteiger partial charge >= 0.3 is 0 Å². The molecular weight excluding hydrogens is 252 g/mol. The van der Waals surface area contributed by atoms with Crippen molar-refractivity contribution in [2.24, 2.45) is 0 Å². The number of aryl methyl sites for hydroxylation is 1. The molecule has 0 amide bonds. The van der Waals surface area contributed by atoms with E-state index in [0.717, 1.165) is 36.3 Å². The van der Waals surface area contributed by atoms with E-state index in [1.54, 1.807) is 0 Å². The van der Waals surface area contributed by atoms with Crippen molar-refractivity contribution < 1.29 is 9.21 Å². The second-order valence-electron chi connectivity index (χ2n) is 5.34. The van der Waals surface area contributed by atoms with Gasteiger partial charge in [-0.2, -0.15) is 0 Å². The molecule has 1 aromatic carbocycles. The van der Waals surface area contributed by atoms with Crippen molar-refractivity contribution in [3.05, 3.63) is 41.8 Å². The molecule has 0 atom stereocenters. The van der Waals surface area contributed by atoms with E-state index in [1.165, 1.54) is 0 Å². The van der Waals surface area contributed by atoms with Crippen LogP contribution in [-0.4, -0.2) is 23.4 Å². The molecule has 1 saturated carbocycles. The van der Waals surface area contributed by atoms with Crippen LogP contribution in [0.15, 0.2) is 34.7 Å². The average Bonchev–Trinajstić information content (AvgIpc) is 3.15. The highest BCUT2D eigenvalue weighted by Crippen LogP contribution is 2.39. The van der Waals surface area contributed by atoms with Crippen LogP contribution < -0.4 is 5.32 Å². The fraction of sp³-hybridized carbons (Fsp3) is 0.375. The molecule has 3 rings (SSSR count). The topological polar surface area (TPSA) is 55.1 Å². The van der Waals surface area contributed by atoms with Gasteiger partial charge in [0.1, 0.15) is 5.76 Å². The molecule has 103 valence electrons. The van der Waals surface area contributed by atoms with Gasteiger partial charge in [-0.05, 0) is 31.9 Å². The zero-order valence-corrected chi connectivity index (χ0v) is 11.5. The van der Waals surface area contributed by atoms with Gasteiger partial charge in [-0.3, -0.25) is 4.79 Å². The van der Waals surface area contributed by atoms with E-state index >= 15 is 0 Å². The first-order valence-electron chi connectivity index (χ1n) is 6.84. The third kappa shape index (κ3) is 2.65. The minimum absolute atomic E-state index is 0.0208. The zero-order chi connectivity index (χ0) is 14.0. The van der Waals surface area contributed by atoms with Gasteiger partial charge < -0.3 is 9.73 Å². The third-order valence-electron chi connectivity index (χ3n) is 3.81. The number of oxazole rings is 1. The smallest absolute Gasteiger partial charge is 0.226 e. The van der Waals surface area contributed by atoms with E-state index in [1.807, 2.05) is 43.5 Å². The molecule has 0 bridgehead atoms. The van der Waals surface area contributed by atoms with Crippen LogP contribution in [0.4, 0.5) is 0 Å². The largest absolute Gasteiger partial charge is 0.441 e. The van der Waals surface area contributed by atoms with Gasteiger partial charge in [-0.25, -0.2) is 4.98 Å². The Labute approximate surface area is 118 Å². The predicted octanol–water partition coefficient (Wildman–Crippen LogP) is 2.42.